The van der Waals surface area contributed by atoms with Crippen molar-refractivity contribution >= 4 is 33.2 Å². The zero-order chi connectivity index (χ0) is 14.4. The van der Waals surface area contributed by atoms with E-state index in [-0.39, 0.29) is 5.91 Å². The molecule has 0 radical (unpaired) electrons. The molecule has 2 aromatic rings. The smallest absolute Gasteiger partial charge is 0.269 e. The van der Waals surface area contributed by atoms with Gasteiger partial charge in [0.1, 0.15) is 5.69 Å². The molecule has 0 fully saturated rings. The number of carbonyl (C=O) groups is 1. The highest BCUT2D eigenvalue weighted by Gasteiger charge is 2.05. The van der Waals surface area contributed by atoms with E-state index in [1.54, 1.807) is 12.3 Å². The topological polar surface area (TPSA) is 54.0 Å². The van der Waals surface area contributed by atoms with Crippen LogP contribution in [0.1, 0.15) is 23.8 Å². The third-order valence-electron chi connectivity index (χ3n) is 2.64. The van der Waals surface area contributed by atoms with Crippen molar-refractivity contribution in [1.29, 1.82) is 0 Å². The van der Waals surface area contributed by atoms with Crippen LogP contribution >= 0.6 is 15.9 Å². The van der Waals surface area contributed by atoms with Crippen LogP contribution in [0, 0.1) is 0 Å². The van der Waals surface area contributed by atoms with E-state index < -0.39 is 0 Å². The Morgan fingerprint density at radius 2 is 2.10 bits per heavy atom. The van der Waals surface area contributed by atoms with E-state index in [1.165, 1.54) is 0 Å². The first kappa shape index (κ1) is 14.5. The quantitative estimate of drug-likeness (QED) is 0.876. The van der Waals surface area contributed by atoms with Gasteiger partial charge >= 0.3 is 0 Å². The number of hydrogen-bond donors (Lipinski definition) is 2. The number of benzene rings is 1. The van der Waals surface area contributed by atoms with Gasteiger partial charge in [-0.05, 0) is 36.8 Å². The normalized spacial score (nSPS) is 10.1. The van der Waals surface area contributed by atoms with E-state index in [0.29, 0.717) is 12.2 Å². The third-order valence-corrected chi connectivity index (χ3v) is 3.14. The summed E-state index contributed by atoms with van der Waals surface area (Å²) in [5, 5.41) is 6.03. The van der Waals surface area contributed by atoms with Crippen LogP contribution in [0.3, 0.4) is 0 Å². The number of halogens is 1. The molecule has 5 heteroatoms. The van der Waals surface area contributed by atoms with Crippen molar-refractivity contribution in [3.05, 3.63) is 52.8 Å². The fraction of sp³-hybridized carbons (Fsp3) is 0.200. The number of hydrogen-bond acceptors (Lipinski definition) is 3. The monoisotopic (exact) mass is 333 g/mol. The molecule has 104 valence electrons. The van der Waals surface area contributed by atoms with Crippen LogP contribution < -0.4 is 10.6 Å². The molecule has 20 heavy (non-hydrogen) atoms. The number of nitrogens with one attached hydrogen (secondary N) is 2. The van der Waals surface area contributed by atoms with Crippen LogP contribution in [0.5, 0.6) is 0 Å². The van der Waals surface area contributed by atoms with Gasteiger partial charge in [0.2, 0.25) is 0 Å². The van der Waals surface area contributed by atoms with Gasteiger partial charge in [0.15, 0.2) is 0 Å². The van der Waals surface area contributed by atoms with Crippen molar-refractivity contribution in [2.45, 2.75) is 13.3 Å². The minimum absolute atomic E-state index is 0.138. The fourth-order valence-electron chi connectivity index (χ4n) is 1.66. The summed E-state index contributed by atoms with van der Waals surface area (Å²) in [7, 11) is 0. The van der Waals surface area contributed by atoms with Gasteiger partial charge < -0.3 is 10.6 Å². The molecule has 0 atom stereocenters. The maximum Gasteiger partial charge on any atom is 0.269 e. The summed E-state index contributed by atoms with van der Waals surface area (Å²) >= 11 is 3.42. The Bertz CT molecular complexity index is 584. The van der Waals surface area contributed by atoms with Crippen molar-refractivity contribution in [2.75, 3.05) is 11.9 Å². The van der Waals surface area contributed by atoms with Gasteiger partial charge in [-0.25, -0.2) is 4.98 Å². The summed E-state index contributed by atoms with van der Waals surface area (Å²) in [6.07, 6.45) is 2.57. The Morgan fingerprint density at radius 1 is 1.25 bits per heavy atom. The van der Waals surface area contributed by atoms with Gasteiger partial charge in [0.05, 0.1) is 11.9 Å². The van der Waals surface area contributed by atoms with Crippen LogP contribution in [0.15, 0.2) is 47.1 Å². The maximum atomic E-state index is 11.7. The lowest BCUT2D eigenvalue weighted by molar-refractivity contribution is 0.0949. The fourth-order valence-corrected chi connectivity index (χ4v) is 2.06. The molecule has 1 aromatic carbocycles. The van der Waals surface area contributed by atoms with Crippen molar-refractivity contribution in [1.82, 2.24) is 10.3 Å². The molecule has 0 aliphatic rings. The molecular weight excluding hydrogens is 318 g/mol. The SMILES string of the molecule is CCCNC(=O)c1ccc(Nc2cccc(Br)c2)cn1. The number of amides is 1. The van der Waals surface area contributed by atoms with Gasteiger partial charge in [0, 0.05) is 16.7 Å². The molecule has 0 aliphatic heterocycles. The van der Waals surface area contributed by atoms with Crippen molar-refractivity contribution in [3.63, 3.8) is 0 Å². The second kappa shape index (κ2) is 7.05. The van der Waals surface area contributed by atoms with E-state index in [9.17, 15) is 4.79 Å². The van der Waals surface area contributed by atoms with E-state index in [4.69, 9.17) is 0 Å². The van der Waals surface area contributed by atoms with Gasteiger partial charge in [-0.1, -0.05) is 28.9 Å². The summed E-state index contributed by atoms with van der Waals surface area (Å²) in [6.45, 7) is 2.68. The molecule has 2 N–H and O–H groups in total. The maximum absolute atomic E-state index is 11.7. The number of aromatic nitrogens is 1. The average molecular weight is 334 g/mol. The standard InChI is InChI=1S/C15H16BrN3O/c1-2-8-17-15(20)14-7-6-13(10-18-14)19-12-5-3-4-11(16)9-12/h3-7,9-10,19H,2,8H2,1H3,(H,17,20). The summed E-state index contributed by atoms with van der Waals surface area (Å²) in [6, 6.07) is 11.4. The van der Waals surface area contributed by atoms with Gasteiger partial charge in [-0.2, -0.15) is 0 Å². The van der Waals surface area contributed by atoms with Gasteiger partial charge in [-0.15, -0.1) is 0 Å². The van der Waals surface area contributed by atoms with Crippen LogP contribution in [0.25, 0.3) is 0 Å². The largest absolute Gasteiger partial charge is 0.354 e. The predicted octanol–water partition coefficient (Wildman–Crippen LogP) is 3.73. The molecule has 1 aromatic heterocycles. The Labute approximate surface area is 126 Å². The molecule has 0 bridgehead atoms. The molecular formula is C15H16BrN3O. The Balaban J connectivity index is 2.03. The number of anilines is 2. The molecule has 0 aliphatic carbocycles. The molecule has 1 amide bonds. The number of rotatable bonds is 5. The number of pyridine rings is 1. The van der Waals surface area contributed by atoms with E-state index in [2.05, 4.69) is 31.5 Å². The van der Waals surface area contributed by atoms with Crippen LogP contribution in [0.4, 0.5) is 11.4 Å². The molecule has 4 nitrogen and oxygen atoms in total. The highest BCUT2D eigenvalue weighted by Crippen LogP contribution is 2.19. The van der Waals surface area contributed by atoms with Crippen LogP contribution in [-0.4, -0.2) is 17.4 Å². The van der Waals surface area contributed by atoms with Crippen molar-refractivity contribution in [3.8, 4) is 0 Å². The van der Waals surface area contributed by atoms with E-state index in [1.807, 2.05) is 37.3 Å². The first-order valence-corrected chi connectivity index (χ1v) is 7.25. The molecule has 0 saturated heterocycles. The van der Waals surface area contributed by atoms with Crippen molar-refractivity contribution in [2.24, 2.45) is 0 Å². The molecule has 1 heterocycles. The Morgan fingerprint density at radius 3 is 2.75 bits per heavy atom. The Kier molecular flexibility index (Phi) is 5.12. The lowest BCUT2D eigenvalue weighted by Gasteiger charge is -2.07. The zero-order valence-corrected chi connectivity index (χ0v) is 12.8. The third kappa shape index (κ3) is 4.06. The van der Waals surface area contributed by atoms with E-state index in [0.717, 1.165) is 22.3 Å². The van der Waals surface area contributed by atoms with Crippen LogP contribution in [-0.2, 0) is 0 Å². The summed E-state index contributed by atoms with van der Waals surface area (Å²) in [5.74, 6) is -0.138. The molecule has 0 spiro atoms. The van der Waals surface area contributed by atoms with E-state index >= 15 is 0 Å². The lowest BCUT2D eigenvalue weighted by Crippen LogP contribution is -2.24. The molecule has 2 rings (SSSR count). The Hall–Kier alpha value is -1.88. The molecule has 0 saturated carbocycles. The van der Waals surface area contributed by atoms with Gasteiger partial charge in [0.25, 0.3) is 5.91 Å². The molecule has 0 unspecified atom stereocenters. The van der Waals surface area contributed by atoms with Gasteiger partial charge in [-0.3, -0.25) is 4.79 Å². The predicted molar refractivity (Wildman–Crippen MR) is 84.3 cm³/mol. The number of nitrogens with zero attached hydrogens (tertiary/aromatic N) is 1. The highest BCUT2D eigenvalue weighted by molar-refractivity contribution is 9.10. The number of carbonyl (C=O) groups excluding carboxylic acids is 1. The highest BCUT2D eigenvalue weighted by atomic mass is 79.9. The summed E-state index contributed by atoms with van der Waals surface area (Å²) < 4.78 is 1.01. The zero-order valence-electron chi connectivity index (χ0n) is 11.2. The summed E-state index contributed by atoms with van der Waals surface area (Å²) in [5.41, 5.74) is 2.23. The first-order valence-electron chi connectivity index (χ1n) is 6.46. The first-order chi connectivity index (χ1) is 9.69. The minimum atomic E-state index is -0.138. The average Bonchev–Trinajstić information content (AvgIpc) is 2.45. The lowest BCUT2D eigenvalue weighted by atomic mass is 10.3. The van der Waals surface area contributed by atoms with Crippen molar-refractivity contribution < 1.29 is 4.79 Å². The van der Waals surface area contributed by atoms with Crippen LogP contribution in [0.2, 0.25) is 0 Å². The summed E-state index contributed by atoms with van der Waals surface area (Å²) in [4.78, 5) is 15.9. The minimum Gasteiger partial charge on any atom is -0.354 e. The second-order valence-corrected chi connectivity index (χ2v) is 5.24. The second-order valence-electron chi connectivity index (χ2n) is 4.32.